The van der Waals surface area contributed by atoms with Crippen LogP contribution in [-0.2, 0) is 11.8 Å². The molecule has 2 aromatic rings. The second-order valence-corrected chi connectivity index (χ2v) is 6.92. The summed E-state index contributed by atoms with van der Waals surface area (Å²) < 4.78 is 0. The van der Waals surface area contributed by atoms with Crippen LogP contribution in [0.5, 0.6) is 11.5 Å². The van der Waals surface area contributed by atoms with Gasteiger partial charge >= 0.3 is 0 Å². The van der Waals surface area contributed by atoms with Crippen molar-refractivity contribution in [2.45, 2.75) is 58.8 Å². The highest BCUT2D eigenvalue weighted by atomic mass is 16.3. The van der Waals surface area contributed by atoms with Crippen molar-refractivity contribution in [2.24, 2.45) is 0 Å². The summed E-state index contributed by atoms with van der Waals surface area (Å²) in [6.45, 7) is 8.66. The lowest BCUT2D eigenvalue weighted by atomic mass is 9.87. The van der Waals surface area contributed by atoms with Crippen LogP contribution < -0.4 is 0 Å². The van der Waals surface area contributed by atoms with Crippen molar-refractivity contribution < 1.29 is 10.2 Å². The van der Waals surface area contributed by atoms with Crippen molar-refractivity contribution in [1.82, 2.24) is 0 Å². The summed E-state index contributed by atoms with van der Waals surface area (Å²) in [6, 6.07) is 14.8. The molecule has 0 aliphatic heterocycles. The number of aryl methyl sites for hydroxylation is 1. The van der Waals surface area contributed by atoms with Gasteiger partial charge in [0.1, 0.15) is 11.5 Å². The number of aromatic hydroxyl groups is 2. The molecule has 0 atom stereocenters. The number of rotatable bonds is 4. The molecule has 2 nitrogen and oxygen atoms in total. The molecule has 23 heavy (non-hydrogen) atoms. The molecule has 0 bridgehead atoms. The van der Waals surface area contributed by atoms with Gasteiger partial charge in [0.05, 0.1) is 0 Å². The molecule has 0 radical (unpaired) electrons. The molecule has 0 saturated heterocycles. The molecule has 2 N–H and O–H groups in total. The number of phenolic OH excluding ortho intramolecular Hbond substituents is 2. The predicted molar refractivity (Wildman–Crippen MR) is 98.1 cm³/mol. The molecule has 0 saturated carbocycles. The monoisotopic (exact) mass is 314 g/mol. The lowest BCUT2D eigenvalue weighted by Gasteiger charge is -2.18. The van der Waals surface area contributed by atoms with E-state index in [-0.39, 0.29) is 5.41 Å². The van der Waals surface area contributed by atoms with Crippen LogP contribution in [0.4, 0.5) is 0 Å². The lowest BCUT2D eigenvalue weighted by Crippen LogP contribution is -2.10. The van der Waals surface area contributed by atoms with Crippen LogP contribution in [0.3, 0.4) is 0 Å². The molecular weight excluding hydrogens is 284 g/mol. The fourth-order valence-electron chi connectivity index (χ4n) is 2.20. The number of unbranched alkanes of at least 4 members (excludes halogenated alkanes) is 2. The summed E-state index contributed by atoms with van der Waals surface area (Å²) in [7, 11) is 0. The predicted octanol–water partition coefficient (Wildman–Crippen LogP) is 5.81. The van der Waals surface area contributed by atoms with E-state index in [1.165, 1.54) is 30.4 Å². The normalized spacial score (nSPS) is 10.8. The van der Waals surface area contributed by atoms with Crippen molar-refractivity contribution in [1.29, 1.82) is 0 Å². The summed E-state index contributed by atoms with van der Waals surface area (Å²) in [5.74, 6) is 0.687. The molecule has 0 fully saturated rings. The topological polar surface area (TPSA) is 40.5 Å². The first-order valence-electron chi connectivity index (χ1n) is 8.40. The maximum Gasteiger partial charge on any atom is 0.115 e. The third-order valence-electron chi connectivity index (χ3n) is 3.74. The first kappa shape index (κ1) is 19.1. The second-order valence-electron chi connectivity index (χ2n) is 6.92. The fraction of sp³-hybridized carbons (Fsp3) is 0.429. The third-order valence-corrected chi connectivity index (χ3v) is 3.74. The van der Waals surface area contributed by atoms with Gasteiger partial charge in [-0.2, -0.15) is 0 Å². The molecule has 0 amide bonds. The van der Waals surface area contributed by atoms with Gasteiger partial charge in [-0.15, -0.1) is 0 Å². The SMILES string of the molecule is CC(C)(C)c1ccc(O)cc1.CCCCCc1ccc(O)cc1. The van der Waals surface area contributed by atoms with Gasteiger partial charge in [-0.05, 0) is 53.6 Å². The Bertz CT molecular complexity index is 548. The van der Waals surface area contributed by atoms with E-state index >= 15 is 0 Å². The maximum absolute atomic E-state index is 9.03. The summed E-state index contributed by atoms with van der Waals surface area (Å²) in [5, 5.41) is 18.1. The zero-order valence-electron chi connectivity index (χ0n) is 14.8. The highest BCUT2D eigenvalue weighted by molar-refractivity contribution is 5.30. The third kappa shape index (κ3) is 7.73. The Morgan fingerprint density at radius 1 is 0.739 bits per heavy atom. The van der Waals surface area contributed by atoms with Crippen LogP contribution in [0.25, 0.3) is 0 Å². The summed E-state index contributed by atoms with van der Waals surface area (Å²) in [5.41, 5.74) is 2.74. The Morgan fingerprint density at radius 3 is 1.65 bits per heavy atom. The van der Waals surface area contributed by atoms with E-state index in [0.29, 0.717) is 11.5 Å². The van der Waals surface area contributed by atoms with Gasteiger partial charge in [0.15, 0.2) is 0 Å². The van der Waals surface area contributed by atoms with Gasteiger partial charge in [-0.1, -0.05) is 64.8 Å². The highest BCUT2D eigenvalue weighted by Crippen LogP contribution is 2.23. The molecule has 0 unspecified atom stereocenters. The average molecular weight is 314 g/mol. The van der Waals surface area contributed by atoms with E-state index in [4.69, 9.17) is 10.2 Å². The van der Waals surface area contributed by atoms with Crippen molar-refractivity contribution in [2.75, 3.05) is 0 Å². The Labute approximate surface area is 140 Å². The highest BCUT2D eigenvalue weighted by Gasteiger charge is 2.12. The van der Waals surface area contributed by atoms with Gasteiger partial charge in [0, 0.05) is 0 Å². The molecule has 0 aliphatic rings. The number of phenols is 2. The van der Waals surface area contributed by atoms with Crippen LogP contribution in [0.2, 0.25) is 0 Å². The lowest BCUT2D eigenvalue weighted by molar-refractivity contribution is 0.474. The molecule has 2 rings (SSSR count). The first-order valence-corrected chi connectivity index (χ1v) is 8.40. The van der Waals surface area contributed by atoms with Gasteiger partial charge < -0.3 is 10.2 Å². The average Bonchev–Trinajstić information content (AvgIpc) is 2.50. The Morgan fingerprint density at radius 2 is 1.22 bits per heavy atom. The fourth-order valence-corrected chi connectivity index (χ4v) is 2.20. The van der Waals surface area contributed by atoms with Crippen LogP contribution in [0, 0.1) is 0 Å². The number of hydrogen-bond donors (Lipinski definition) is 2. The minimum absolute atomic E-state index is 0.174. The standard InChI is InChI=1S/C11H16O.C10H14O/c1-2-3-4-5-10-6-8-11(12)9-7-10;1-10(2,3)8-4-6-9(11)7-5-8/h6-9,12H,2-5H2,1H3;4-7,11H,1-3H3. The molecule has 0 aliphatic carbocycles. The van der Waals surface area contributed by atoms with Crippen LogP contribution in [0.1, 0.15) is 58.1 Å². The van der Waals surface area contributed by atoms with Gasteiger partial charge in [0.25, 0.3) is 0 Å². The summed E-state index contributed by atoms with van der Waals surface area (Å²) in [4.78, 5) is 0. The van der Waals surface area contributed by atoms with E-state index in [2.05, 4.69) is 27.7 Å². The molecule has 2 heteroatoms. The number of benzene rings is 2. The molecule has 0 spiro atoms. The van der Waals surface area contributed by atoms with E-state index in [0.717, 1.165) is 6.42 Å². The molecule has 126 valence electrons. The van der Waals surface area contributed by atoms with E-state index in [9.17, 15) is 0 Å². The zero-order valence-corrected chi connectivity index (χ0v) is 14.8. The smallest absolute Gasteiger partial charge is 0.115 e. The largest absolute Gasteiger partial charge is 0.508 e. The van der Waals surface area contributed by atoms with Crippen molar-refractivity contribution in [3.8, 4) is 11.5 Å². The molecule has 0 heterocycles. The first-order chi connectivity index (χ1) is 10.8. The minimum atomic E-state index is 0.174. The van der Waals surface area contributed by atoms with E-state index in [1.807, 2.05) is 24.3 Å². The summed E-state index contributed by atoms with van der Waals surface area (Å²) in [6.07, 6.45) is 4.94. The molecule has 2 aromatic carbocycles. The van der Waals surface area contributed by atoms with Crippen molar-refractivity contribution in [3.63, 3.8) is 0 Å². The summed E-state index contributed by atoms with van der Waals surface area (Å²) >= 11 is 0. The van der Waals surface area contributed by atoms with E-state index < -0.39 is 0 Å². The van der Waals surface area contributed by atoms with Crippen LogP contribution >= 0.6 is 0 Å². The van der Waals surface area contributed by atoms with Gasteiger partial charge in [-0.25, -0.2) is 0 Å². The van der Waals surface area contributed by atoms with Gasteiger partial charge in [-0.3, -0.25) is 0 Å². The zero-order chi connectivity index (χ0) is 17.3. The quantitative estimate of drug-likeness (QED) is 0.699. The number of hydrogen-bond acceptors (Lipinski definition) is 2. The Hall–Kier alpha value is -1.96. The van der Waals surface area contributed by atoms with Crippen molar-refractivity contribution >= 4 is 0 Å². The minimum Gasteiger partial charge on any atom is -0.508 e. The second kappa shape index (κ2) is 9.24. The van der Waals surface area contributed by atoms with Crippen molar-refractivity contribution in [3.05, 3.63) is 59.7 Å². The molecule has 0 aromatic heterocycles. The van der Waals surface area contributed by atoms with Crippen LogP contribution in [-0.4, -0.2) is 10.2 Å². The maximum atomic E-state index is 9.03. The Kier molecular flexibility index (Phi) is 7.67. The molecular formula is C21H30O2. The van der Waals surface area contributed by atoms with E-state index in [1.54, 1.807) is 24.3 Å². The van der Waals surface area contributed by atoms with Gasteiger partial charge in [0.2, 0.25) is 0 Å². The Balaban J connectivity index is 0.000000231. The van der Waals surface area contributed by atoms with Crippen LogP contribution in [0.15, 0.2) is 48.5 Å².